The lowest BCUT2D eigenvalue weighted by Gasteiger charge is -2.15. The van der Waals surface area contributed by atoms with Crippen molar-refractivity contribution < 1.29 is 27.1 Å². The Morgan fingerprint density at radius 3 is 2.12 bits per heavy atom. The lowest BCUT2D eigenvalue weighted by molar-refractivity contribution is -0.123. The predicted octanol–water partition coefficient (Wildman–Crippen LogP) is 3.89. The van der Waals surface area contributed by atoms with Gasteiger partial charge in [-0.15, -0.1) is 0 Å². The third-order valence-corrected chi connectivity index (χ3v) is 5.99. The van der Waals surface area contributed by atoms with E-state index in [9.17, 15) is 17.6 Å². The number of anilines is 1. The van der Waals surface area contributed by atoms with Crippen molar-refractivity contribution in [1.29, 1.82) is 0 Å². The number of carbonyl (C=O) groups is 1. The van der Waals surface area contributed by atoms with Crippen LogP contribution in [0.4, 0.5) is 10.1 Å². The first-order chi connectivity index (χ1) is 15.3. The summed E-state index contributed by atoms with van der Waals surface area (Å²) in [5.41, 5.74) is 1.16. The maximum atomic E-state index is 13.0. The molecule has 0 aliphatic heterocycles. The molecule has 1 atom stereocenters. The fraction of sp³-hybridized carbons (Fsp3) is 0.174. The van der Waals surface area contributed by atoms with Crippen LogP contribution in [-0.2, 0) is 14.8 Å². The molecule has 3 rings (SSSR count). The Bertz CT molecular complexity index is 1150. The molecule has 168 valence electrons. The van der Waals surface area contributed by atoms with E-state index in [2.05, 4.69) is 10.0 Å². The average molecular weight is 459 g/mol. The molecule has 32 heavy (non-hydrogen) atoms. The van der Waals surface area contributed by atoms with Gasteiger partial charge in [0.2, 0.25) is 0 Å². The minimum Gasteiger partial charge on any atom is -0.497 e. The van der Waals surface area contributed by atoms with Crippen LogP contribution in [0.2, 0.25) is 0 Å². The van der Waals surface area contributed by atoms with Gasteiger partial charge in [0.15, 0.2) is 6.61 Å². The molecule has 0 saturated heterocycles. The molecule has 1 unspecified atom stereocenters. The van der Waals surface area contributed by atoms with Gasteiger partial charge in [-0.1, -0.05) is 12.1 Å². The third kappa shape index (κ3) is 6.21. The molecule has 0 aromatic heterocycles. The summed E-state index contributed by atoms with van der Waals surface area (Å²) < 4.78 is 51.1. The standard InChI is InChI=1S/C23H23FN2O5S/c1-16(17-3-5-18(24)6-4-17)25-23(27)15-31-21-11-13-22(14-12-21)32(28,29)26-19-7-9-20(30-2)10-8-19/h3-14,16,26H,15H2,1-2H3,(H,25,27). The number of methoxy groups -OCH3 is 1. The second kappa shape index (κ2) is 10.1. The van der Waals surface area contributed by atoms with Crippen molar-refractivity contribution >= 4 is 21.6 Å². The lowest BCUT2D eigenvalue weighted by atomic mass is 10.1. The number of halogens is 1. The third-order valence-electron chi connectivity index (χ3n) is 4.59. The van der Waals surface area contributed by atoms with Crippen LogP contribution in [0.3, 0.4) is 0 Å². The van der Waals surface area contributed by atoms with Gasteiger partial charge in [0.05, 0.1) is 18.0 Å². The topological polar surface area (TPSA) is 93.7 Å². The maximum absolute atomic E-state index is 13.0. The molecule has 0 fully saturated rings. The van der Waals surface area contributed by atoms with Gasteiger partial charge in [0, 0.05) is 5.69 Å². The molecule has 0 heterocycles. The number of benzene rings is 3. The molecule has 0 bridgehead atoms. The van der Waals surface area contributed by atoms with Gasteiger partial charge in [-0.05, 0) is 73.2 Å². The van der Waals surface area contributed by atoms with Gasteiger partial charge in [-0.25, -0.2) is 12.8 Å². The van der Waals surface area contributed by atoms with Crippen molar-refractivity contribution in [2.75, 3.05) is 18.4 Å². The number of ether oxygens (including phenoxy) is 2. The number of hydrogen-bond donors (Lipinski definition) is 2. The highest BCUT2D eigenvalue weighted by molar-refractivity contribution is 7.92. The van der Waals surface area contributed by atoms with Crippen molar-refractivity contribution in [3.05, 3.63) is 84.2 Å². The summed E-state index contributed by atoms with van der Waals surface area (Å²) in [6.07, 6.45) is 0. The summed E-state index contributed by atoms with van der Waals surface area (Å²) in [6.45, 7) is 1.53. The lowest BCUT2D eigenvalue weighted by Crippen LogP contribution is -2.31. The van der Waals surface area contributed by atoms with E-state index in [1.165, 1.54) is 43.5 Å². The first-order valence-corrected chi connectivity index (χ1v) is 11.2. The summed E-state index contributed by atoms with van der Waals surface area (Å²) in [4.78, 5) is 12.2. The zero-order valence-corrected chi connectivity index (χ0v) is 18.4. The molecule has 0 aliphatic rings. The van der Waals surface area contributed by atoms with E-state index in [4.69, 9.17) is 9.47 Å². The molecule has 0 radical (unpaired) electrons. The van der Waals surface area contributed by atoms with E-state index in [0.29, 0.717) is 17.2 Å². The van der Waals surface area contributed by atoms with Gasteiger partial charge in [-0.3, -0.25) is 9.52 Å². The van der Waals surface area contributed by atoms with Crippen LogP contribution in [0.25, 0.3) is 0 Å². The van der Waals surface area contributed by atoms with E-state index in [-0.39, 0.29) is 29.3 Å². The fourth-order valence-corrected chi connectivity index (χ4v) is 3.91. The van der Waals surface area contributed by atoms with Crippen molar-refractivity contribution in [2.24, 2.45) is 0 Å². The highest BCUT2D eigenvalue weighted by Gasteiger charge is 2.15. The number of amides is 1. The SMILES string of the molecule is COc1ccc(NS(=O)(=O)c2ccc(OCC(=O)NC(C)c3ccc(F)cc3)cc2)cc1. The van der Waals surface area contributed by atoms with Crippen LogP contribution >= 0.6 is 0 Å². The summed E-state index contributed by atoms with van der Waals surface area (Å²) in [5, 5.41) is 2.76. The van der Waals surface area contributed by atoms with Crippen molar-refractivity contribution in [3.63, 3.8) is 0 Å². The molecule has 2 N–H and O–H groups in total. The molecular weight excluding hydrogens is 435 g/mol. The Balaban J connectivity index is 1.54. The highest BCUT2D eigenvalue weighted by Crippen LogP contribution is 2.21. The summed E-state index contributed by atoms with van der Waals surface area (Å²) >= 11 is 0. The second-order valence-corrected chi connectivity index (χ2v) is 8.62. The first-order valence-electron chi connectivity index (χ1n) is 9.71. The van der Waals surface area contributed by atoms with Crippen LogP contribution in [0.5, 0.6) is 11.5 Å². The van der Waals surface area contributed by atoms with Gasteiger partial charge in [0.25, 0.3) is 15.9 Å². The Morgan fingerprint density at radius 2 is 1.53 bits per heavy atom. The van der Waals surface area contributed by atoms with E-state index >= 15 is 0 Å². The van der Waals surface area contributed by atoms with Gasteiger partial charge < -0.3 is 14.8 Å². The number of carbonyl (C=O) groups excluding carboxylic acids is 1. The Kier molecular flexibility index (Phi) is 7.32. The van der Waals surface area contributed by atoms with Crippen LogP contribution in [0.1, 0.15) is 18.5 Å². The molecule has 0 spiro atoms. The number of nitrogens with one attached hydrogen (secondary N) is 2. The van der Waals surface area contributed by atoms with Gasteiger partial charge >= 0.3 is 0 Å². The van der Waals surface area contributed by atoms with Gasteiger partial charge in [-0.2, -0.15) is 0 Å². The molecule has 3 aromatic carbocycles. The van der Waals surface area contributed by atoms with E-state index in [1.807, 2.05) is 0 Å². The maximum Gasteiger partial charge on any atom is 0.261 e. The monoisotopic (exact) mass is 458 g/mol. The zero-order chi connectivity index (χ0) is 23.1. The van der Waals surface area contributed by atoms with Crippen LogP contribution in [0, 0.1) is 5.82 Å². The molecule has 9 heteroatoms. The van der Waals surface area contributed by atoms with Gasteiger partial charge in [0.1, 0.15) is 17.3 Å². The molecule has 0 saturated carbocycles. The molecule has 7 nitrogen and oxygen atoms in total. The fourth-order valence-electron chi connectivity index (χ4n) is 2.85. The smallest absolute Gasteiger partial charge is 0.261 e. The summed E-state index contributed by atoms with van der Waals surface area (Å²) in [7, 11) is -2.26. The Labute approximate surface area is 186 Å². The van der Waals surface area contributed by atoms with E-state index in [1.54, 1.807) is 43.3 Å². The predicted molar refractivity (Wildman–Crippen MR) is 119 cm³/mol. The van der Waals surface area contributed by atoms with Crippen molar-refractivity contribution in [1.82, 2.24) is 5.32 Å². The Hall–Kier alpha value is -3.59. The van der Waals surface area contributed by atoms with Crippen LogP contribution in [0.15, 0.2) is 77.7 Å². The van der Waals surface area contributed by atoms with Crippen LogP contribution in [-0.4, -0.2) is 28.0 Å². The summed E-state index contributed by atoms with van der Waals surface area (Å²) in [5.74, 6) is 0.253. The van der Waals surface area contributed by atoms with E-state index in [0.717, 1.165) is 5.56 Å². The van der Waals surface area contributed by atoms with Crippen LogP contribution < -0.4 is 19.5 Å². The highest BCUT2D eigenvalue weighted by atomic mass is 32.2. The largest absolute Gasteiger partial charge is 0.497 e. The molecular formula is C23H23FN2O5S. The minimum absolute atomic E-state index is 0.0510. The number of hydrogen-bond acceptors (Lipinski definition) is 5. The number of sulfonamides is 1. The normalized spacial score (nSPS) is 12.0. The van der Waals surface area contributed by atoms with E-state index < -0.39 is 10.0 Å². The Morgan fingerprint density at radius 1 is 0.938 bits per heavy atom. The first kappa shape index (κ1) is 23.1. The number of rotatable bonds is 9. The average Bonchev–Trinajstić information content (AvgIpc) is 2.78. The molecule has 3 aromatic rings. The second-order valence-electron chi connectivity index (χ2n) is 6.93. The van der Waals surface area contributed by atoms with Crippen molar-refractivity contribution in [2.45, 2.75) is 17.9 Å². The summed E-state index contributed by atoms with van der Waals surface area (Å²) in [6, 6.07) is 17.7. The quantitative estimate of drug-likeness (QED) is 0.507. The minimum atomic E-state index is -3.78. The molecule has 0 aliphatic carbocycles. The zero-order valence-electron chi connectivity index (χ0n) is 17.5. The van der Waals surface area contributed by atoms with Crippen molar-refractivity contribution in [3.8, 4) is 11.5 Å². The molecule has 1 amide bonds.